The molecule has 1 N–H and O–H groups in total. The minimum atomic E-state index is -4.53. The number of halogens is 3. The molecule has 1 saturated heterocycles. The van der Waals surface area contributed by atoms with Crippen LogP contribution in [-0.2, 0) is 36.8 Å². The van der Waals surface area contributed by atoms with Crippen LogP contribution in [0.25, 0.3) is 0 Å². The zero-order chi connectivity index (χ0) is 30.8. The summed E-state index contributed by atoms with van der Waals surface area (Å²) < 4.78 is 49.9. The largest absolute Gasteiger partial charge is 0.491 e. The van der Waals surface area contributed by atoms with Crippen molar-refractivity contribution in [3.05, 3.63) is 65.7 Å². The van der Waals surface area contributed by atoms with E-state index in [2.05, 4.69) is 5.32 Å². The molecule has 0 aliphatic carbocycles. The fourth-order valence-corrected chi connectivity index (χ4v) is 5.44. The lowest BCUT2D eigenvalue weighted by molar-refractivity contribution is -0.145. The van der Waals surface area contributed by atoms with Gasteiger partial charge in [-0.1, -0.05) is 42.5 Å². The lowest BCUT2D eigenvalue weighted by atomic mass is 9.89. The van der Waals surface area contributed by atoms with Crippen molar-refractivity contribution < 1.29 is 41.8 Å². The molecule has 0 radical (unpaired) electrons. The van der Waals surface area contributed by atoms with E-state index in [1.54, 1.807) is 23.1 Å². The van der Waals surface area contributed by atoms with Gasteiger partial charge in [-0.2, -0.15) is 13.2 Å². The Labute approximate surface area is 248 Å². The van der Waals surface area contributed by atoms with E-state index in [1.165, 1.54) is 0 Å². The van der Waals surface area contributed by atoms with Crippen molar-refractivity contribution >= 4 is 23.4 Å². The van der Waals surface area contributed by atoms with Crippen molar-refractivity contribution in [2.24, 2.45) is 5.92 Å². The maximum Gasteiger partial charge on any atom is 0.389 e. The maximum atomic E-state index is 13.9. The Balaban J connectivity index is 1.62. The normalized spacial score (nSPS) is 22.6. The predicted octanol–water partition coefficient (Wildman–Crippen LogP) is 4.23. The molecular weight excluding hydrogens is 565 g/mol. The first kappa shape index (κ1) is 32.2. The topological polar surface area (TPSA) is 102 Å². The highest BCUT2D eigenvalue weighted by Crippen LogP contribution is 2.25. The summed E-state index contributed by atoms with van der Waals surface area (Å²) in [6.45, 7) is 0.215. The summed E-state index contributed by atoms with van der Waals surface area (Å²) in [4.78, 5) is 54.7. The van der Waals surface area contributed by atoms with E-state index in [1.807, 2.05) is 36.4 Å². The Kier molecular flexibility index (Phi) is 11.3. The third kappa shape index (κ3) is 9.91. The van der Waals surface area contributed by atoms with Crippen LogP contribution in [0.4, 0.5) is 13.2 Å². The number of hydrogen-bond donors (Lipinski definition) is 1. The SMILES string of the molecule is O=C1N[C@H](C(=O)CCC(F)(F)F)COCCOc2cccc(c2)C[C@H](N2CCCC2=O)C(=O)C[C@H]1CCc1ccccc1. The summed E-state index contributed by atoms with van der Waals surface area (Å²) >= 11 is 0. The third-order valence-corrected chi connectivity index (χ3v) is 7.77. The molecule has 43 heavy (non-hydrogen) atoms. The van der Waals surface area contributed by atoms with Crippen molar-refractivity contribution in [2.75, 3.05) is 26.4 Å². The molecule has 2 amide bonds. The fourth-order valence-electron chi connectivity index (χ4n) is 5.44. The monoisotopic (exact) mass is 602 g/mol. The third-order valence-electron chi connectivity index (χ3n) is 7.77. The summed E-state index contributed by atoms with van der Waals surface area (Å²) in [6.07, 6.45) is -4.94. The Bertz CT molecular complexity index is 1270. The smallest absolute Gasteiger partial charge is 0.389 e. The molecule has 1 fully saturated rings. The summed E-state index contributed by atoms with van der Waals surface area (Å²) in [5.41, 5.74) is 1.74. The summed E-state index contributed by atoms with van der Waals surface area (Å²) in [5, 5.41) is 2.59. The average Bonchev–Trinajstić information content (AvgIpc) is 3.40. The quantitative estimate of drug-likeness (QED) is 0.509. The minimum Gasteiger partial charge on any atom is -0.491 e. The number of aryl methyl sites for hydroxylation is 1. The van der Waals surface area contributed by atoms with Gasteiger partial charge in [-0.05, 0) is 42.5 Å². The van der Waals surface area contributed by atoms with Crippen molar-refractivity contribution in [2.45, 2.75) is 69.6 Å². The lowest BCUT2D eigenvalue weighted by Crippen LogP contribution is -2.49. The molecule has 2 aliphatic rings. The number of nitrogens with zero attached hydrogens (tertiary/aromatic N) is 1. The Morgan fingerprint density at radius 3 is 2.51 bits per heavy atom. The number of alkyl halides is 3. The van der Waals surface area contributed by atoms with Gasteiger partial charge in [0.05, 0.1) is 25.7 Å². The van der Waals surface area contributed by atoms with Crippen molar-refractivity contribution in [3.8, 4) is 5.75 Å². The van der Waals surface area contributed by atoms with E-state index in [-0.39, 0.29) is 50.8 Å². The number of Topliss-reactive ketones (excluding diaryl/α,β-unsaturated/α-hetero) is 2. The second-order valence-electron chi connectivity index (χ2n) is 11.0. The molecule has 11 heteroatoms. The second kappa shape index (κ2) is 15.1. The van der Waals surface area contributed by atoms with Gasteiger partial charge in [0.25, 0.3) is 0 Å². The number of benzene rings is 2. The lowest BCUT2D eigenvalue weighted by Gasteiger charge is -2.29. The Hall–Kier alpha value is -3.73. The molecule has 0 unspecified atom stereocenters. The second-order valence-corrected chi connectivity index (χ2v) is 11.0. The number of ether oxygens (including phenoxy) is 2. The Morgan fingerprint density at radius 2 is 1.79 bits per heavy atom. The van der Waals surface area contributed by atoms with E-state index in [0.29, 0.717) is 31.6 Å². The summed E-state index contributed by atoms with van der Waals surface area (Å²) in [7, 11) is 0. The average molecular weight is 603 g/mol. The highest BCUT2D eigenvalue weighted by atomic mass is 19.4. The number of rotatable bonds is 7. The predicted molar refractivity (Wildman–Crippen MR) is 151 cm³/mol. The van der Waals surface area contributed by atoms with Crippen LogP contribution in [0.15, 0.2) is 54.6 Å². The van der Waals surface area contributed by atoms with Crippen LogP contribution in [0.1, 0.15) is 49.7 Å². The van der Waals surface area contributed by atoms with E-state index in [4.69, 9.17) is 9.47 Å². The summed E-state index contributed by atoms with van der Waals surface area (Å²) in [6, 6.07) is 14.4. The molecule has 232 valence electrons. The number of likely N-dealkylation sites (tertiary alicyclic amines) is 1. The van der Waals surface area contributed by atoms with E-state index in [0.717, 1.165) is 11.1 Å². The molecule has 2 aromatic rings. The zero-order valence-electron chi connectivity index (χ0n) is 23.9. The number of carbonyl (C=O) groups excluding carboxylic acids is 4. The fraction of sp³-hybridized carbons (Fsp3) is 0.500. The van der Waals surface area contributed by atoms with Crippen LogP contribution in [0, 0.1) is 5.92 Å². The van der Waals surface area contributed by atoms with Crippen molar-refractivity contribution in [3.63, 3.8) is 0 Å². The van der Waals surface area contributed by atoms with Gasteiger partial charge >= 0.3 is 6.18 Å². The molecule has 4 rings (SSSR count). The molecule has 3 atom stereocenters. The van der Waals surface area contributed by atoms with Gasteiger partial charge in [0.1, 0.15) is 18.4 Å². The number of ketones is 2. The van der Waals surface area contributed by atoms with Gasteiger partial charge in [-0.25, -0.2) is 0 Å². The molecule has 2 bridgehead atoms. The van der Waals surface area contributed by atoms with Crippen LogP contribution in [0.5, 0.6) is 5.75 Å². The first-order valence-corrected chi connectivity index (χ1v) is 14.6. The molecule has 0 saturated carbocycles. The molecule has 0 spiro atoms. The Morgan fingerprint density at radius 1 is 1.00 bits per heavy atom. The van der Waals surface area contributed by atoms with Crippen LogP contribution >= 0.6 is 0 Å². The standard InChI is InChI=1S/C32H37F3N2O6/c33-32(34,35)14-13-28(38)26-21-42-16-17-43-25-9-4-8-23(18-25)19-27(37-15-5-10-30(37)40)29(39)20-24(31(41)36-26)12-11-22-6-2-1-3-7-22/h1-4,6-9,18,24,26-27H,5,10-17,19-21H2,(H,36,41)/t24-,26+,27+/m1/s1. The molecule has 2 aromatic carbocycles. The van der Waals surface area contributed by atoms with Gasteiger partial charge in [-0.15, -0.1) is 0 Å². The zero-order valence-corrected chi connectivity index (χ0v) is 23.9. The number of carbonyl (C=O) groups is 4. The molecule has 8 nitrogen and oxygen atoms in total. The molecular formula is C32H37F3N2O6. The van der Waals surface area contributed by atoms with Crippen LogP contribution in [0.2, 0.25) is 0 Å². The first-order chi connectivity index (χ1) is 20.6. The van der Waals surface area contributed by atoms with Gasteiger partial charge in [-0.3, -0.25) is 19.2 Å². The maximum absolute atomic E-state index is 13.9. The van der Waals surface area contributed by atoms with Gasteiger partial charge in [0.2, 0.25) is 11.8 Å². The molecule has 2 aliphatic heterocycles. The van der Waals surface area contributed by atoms with E-state index >= 15 is 0 Å². The van der Waals surface area contributed by atoms with E-state index in [9.17, 15) is 32.3 Å². The van der Waals surface area contributed by atoms with Gasteiger partial charge in [0, 0.05) is 38.1 Å². The number of nitrogens with one attached hydrogen (secondary N) is 1. The molecule has 2 heterocycles. The van der Waals surface area contributed by atoms with Gasteiger partial charge < -0.3 is 19.7 Å². The van der Waals surface area contributed by atoms with Crippen LogP contribution < -0.4 is 10.1 Å². The number of fused-ring (bicyclic) bond motifs is 2. The van der Waals surface area contributed by atoms with Crippen molar-refractivity contribution in [1.82, 2.24) is 10.2 Å². The van der Waals surface area contributed by atoms with Crippen LogP contribution in [0.3, 0.4) is 0 Å². The van der Waals surface area contributed by atoms with Gasteiger partial charge in [0.15, 0.2) is 11.6 Å². The number of hydrogen-bond acceptors (Lipinski definition) is 6. The van der Waals surface area contributed by atoms with Crippen LogP contribution in [-0.4, -0.2) is 72.9 Å². The first-order valence-electron chi connectivity index (χ1n) is 14.6. The summed E-state index contributed by atoms with van der Waals surface area (Å²) in [5.74, 6) is -2.20. The molecule has 0 aromatic heterocycles. The van der Waals surface area contributed by atoms with Crippen molar-refractivity contribution in [1.29, 1.82) is 0 Å². The minimum absolute atomic E-state index is 0.0317. The number of amides is 2. The highest BCUT2D eigenvalue weighted by molar-refractivity contribution is 5.95. The van der Waals surface area contributed by atoms with E-state index < -0.39 is 48.7 Å². The highest BCUT2D eigenvalue weighted by Gasteiger charge is 2.36.